The lowest BCUT2D eigenvalue weighted by molar-refractivity contribution is -0.123. The van der Waals surface area contributed by atoms with Gasteiger partial charge in [0.25, 0.3) is 11.8 Å². The summed E-state index contributed by atoms with van der Waals surface area (Å²) in [7, 11) is 0. The minimum atomic E-state index is -0.472. The molecule has 0 radical (unpaired) electrons. The Balaban J connectivity index is 1.44. The monoisotopic (exact) mass is 496 g/mol. The average Bonchev–Trinajstić information content (AvgIpc) is 2.82. The lowest BCUT2D eigenvalue weighted by Gasteiger charge is -2.11. The zero-order valence-corrected chi connectivity index (χ0v) is 19.4. The molecule has 0 saturated carbocycles. The van der Waals surface area contributed by atoms with E-state index in [4.69, 9.17) is 9.47 Å². The number of hydrogen-bond acceptors (Lipinski definition) is 4. The van der Waals surface area contributed by atoms with Crippen LogP contribution in [0.3, 0.4) is 0 Å². The van der Waals surface area contributed by atoms with Crippen molar-refractivity contribution >= 4 is 27.7 Å². The van der Waals surface area contributed by atoms with Crippen molar-refractivity contribution in [2.24, 2.45) is 0 Å². The minimum Gasteiger partial charge on any atom is -0.493 e. The quantitative estimate of drug-likeness (QED) is 0.428. The maximum Gasteiger partial charge on any atom is 0.276 e. The number of ether oxygens (including phenoxy) is 2. The Morgan fingerprint density at radius 2 is 1.69 bits per heavy atom. The topological polar surface area (TPSA) is 76.7 Å². The molecule has 0 aromatic heterocycles. The molecule has 32 heavy (non-hydrogen) atoms. The second-order valence-corrected chi connectivity index (χ2v) is 7.88. The molecule has 2 N–H and O–H groups in total. The molecule has 166 valence electrons. The lowest BCUT2D eigenvalue weighted by Crippen LogP contribution is -2.43. The van der Waals surface area contributed by atoms with E-state index in [0.29, 0.717) is 23.7 Å². The van der Waals surface area contributed by atoms with E-state index in [1.807, 2.05) is 42.5 Å². The van der Waals surface area contributed by atoms with Gasteiger partial charge in [-0.05, 0) is 63.8 Å². The summed E-state index contributed by atoms with van der Waals surface area (Å²) in [6, 6.07) is 22.5. The third-order valence-corrected chi connectivity index (χ3v) is 5.30. The highest BCUT2D eigenvalue weighted by atomic mass is 79.9. The van der Waals surface area contributed by atoms with Gasteiger partial charge in [0.15, 0.2) is 6.61 Å². The summed E-state index contributed by atoms with van der Waals surface area (Å²) in [4.78, 5) is 24.4. The van der Waals surface area contributed by atoms with E-state index in [0.717, 1.165) is 22.9 Å². The van der Waals surface area contributed by atoms with Crippen LogP contribution in [0.2, 0.25) is 0 Å². The lowest BCUT2D eigenvalue weighted by atomic mass is 10.2. The molecule has 3 rings (SSSR count). The van der Waals surface area contributed by atoms with Crippen molar-refractivity contribution in [2.45, 2.75) is 19.8 Å². The number of hydrazine groups is 1. The van der Waals surface area contributed by atoms with Crippen LogP contribution < -0.4 is 20.3 Å². The van der Waals surface area contributed by atoms with Gasteiger partial charge < -0.3 is 9.47 Å². The summed E-state index contributed by atoms with van der Waals surface area (Å²) in [5.41, 5.74) is 7.46. The fraction of sp³-hybridized carbons (Fsp3) is 0.200. The smallest absolute Gasteiger partial charge is 0.276 e. The Bertz CT molecular complexity index is 1060. The first-order valence-electron chi connectivity index (χ1n) is 10.3. The Hall–Kier alpha value is -3.32. The Morgan fingerprint density at radius 3 is 2.44 bits per heavy atom. The summed E-state index contributed by atoms with van der Waals surface area (Å²) in [5, 5.41) is 0. The predicted molar refractivity (Wildman–Crippen MR) is 127 cm³/mol. The fourth-order valence-electron chi connectivity index (χ4n) is 2.92. The number of carbonyl (C=O) groups excluding carboxylic acids is 2. The molecule has 0 heterocycles. The Kier molecular flexibility index (Phi) is 8.69. The van der Waals surface area contributed by atoms with Crippen LogP contribution in [-0.4, -0.2) is 25.0 Å². The van der Waals surface area contributed by atoms with Crippen LogP contribution in [0.5, 0.6) is 11.5 Å². The molecule has 0 spiro atoms. The molecule has 0 saturated heterocycles. The standard InChI is InChI=1S/C25H25BrN2O4/c1-2-18-11-12-23(22(26)15-18)32-17-24(29)27-28-25(30)20-9-6-10-21(16-20)31-14-13-19-7-4-3-5-8-19/h3-12,15-16H,2,13-14,17H2,1H3,(H,27,29)(H,28,30). The summed E-state index contributed by atoms with van der Waals surface area (Å²) in [5.74, 6) is 0.230. The second kappa shape index (κ2) is 11.9. The van der Waals surface area contributed by atoms with E-state index in [2.05, 4.69) is 33.7 Å². The summed E-state index contributed by atoms with van der Waals surface area (Å²) in [6.07, 6.45) is 1.68. The summed E-state index contributed by atoms with van der Waals surface area (Å²) >= 11 is 3.43. The number of amides is 2. The molecular formula is C25H25BrN2O4. The molecule has 0 fully saturated rings. The molecular weight excluding hydrogens is 472 g/mol. The van der Waals surface area contributed by atoms with Crippen LogP contribution in [0.1, 0.15) is 28.4 Å². The van der Waals surface area contributed by atoms with Crippen molar-refractivity contribution < 1.29 is 19.1 Å². The highest BCUT2D eigenvalue weighted by molar-refractivity contribution is 9.10. The van der Waals surface area contributed by atoms with Gasteiger partial charge in [-0.25, -0.2) is 0 Å². The van der Waals surface area contributed by atoms with Crippen LogP contribution in [0.4, 0.5) is 0 Å². The van der Waals surface area contributed by atoms with Gasteiger partial charge in [0.1, 0.15) is 11.5 Å². The first-order chi connectivity index (χ1) is 15.5. The molecule has 0 atom stereocenters. The van der Waals surface area contributed by atoms with E-state index in [-0.39, 0.29) is 6.61 Å². The molecule has 0 aliphatic rings. The van der Waals surface area contributed by atoms with Gasteiger partial charge in [-0.2, -0.15) is 0 Å². The van der Waals surface area contributed by atoms with Crippen LogP contribution in [0.15, 0.2) is 77.3 Å². The summed E-state index contributed by atoms with van der Waals surface area (Å²) < 4.78 is 12.0. The number of aryl methyl sites for hydroxylation is 1. The third kappa shape index (κ3) is 7.13. The number of benzene rings is 3. The van der Waals surface area contributed by atoms with Gasteiger partial charge >= 0.3 is 0 Å². The maximum absolute atomic E-state index is 12.4. The molecule has 0 aliphatic carbocycles. The normalized spacial score (nSPS) is 10.3. The molecule has 7 heteroatoms. The molecule has 2 amide bonds. The SMILES string of the molecule is CCc1ccc(OCC(=O)NNC(=O)c2cccc(OCCc3ccccc3)c2)c(Br)c1. The van der Waals surface area contributed by atoms with Gasteiger partial charge in [-0.1, -0.05) is 49.4 Å². The van der Waals surface area contributed by atoms with E-state index >= 15 is 0 Å². The Morgan fingerprint density at radius 1 is 0.875 bits per heavy atom. The molecule has 3 aromatic carbocycles. The second-order valence-electron chi connectivity index (χ2n) is 7.02. The largest absolute Gasteiger partial charge is 0.493 e. The number of nitrogens with one attached hydrogen (secondary N) is 2. The third-order valence-electron chi connectivity index (χ3n) is 4.68. The van der Waals surface area contributed by atoms with Crippen molar-refractivity contribution in [3.05, 3.63) is 94.0 Å². The number of rotatable bonds is 9. The van der Waals surface area contributed by atoms with Crippen LogP contribution in [0, 0.1) is 0 Å². The van der Waals surface area contributed by atoms with Gasteiger partial charge in [0.05, 0.1) is 11.1 Å². The van der Waals surface area contributed by atoms with E-state index in [9.17, 15) is 9.59 Å². The minimum absolute atomic E-state index is 0.229. The number of carbonyl (C=O) groups is 2. The van der Waals surface area contributed by atoms with Gasteiger partial charge in [-0.3, -0.25) is 20.4 Å². The van der Waals surface area contributed by atoms with Gasteiger partial charge in [-0.15, -0.1) is 0 Å². The van der Waals surface area contributed by atoms with Crippen molar-refractivity contribution in [2.75, 3.05) is 13.2 Å². The average molecular weight is 497 g/mol. The summed E-state index contributed by atoms with van der Waals surface area (Å²) in [6.45, 7) is 2.33. The Labute approximate surface area is 196 Å². The van der Waals surface area contributed by atoms with Gasteiger partial charge in [0.2, 0.25) is 0 Å². The van der Waals surface area contributed by atoms with E-state index < -0.39 is 11.8 Å². The van der Waals surface area contributed by atoms with E-state index in [1.165, 1.54) is 5.56 Å². The van der Waals surface area contributed by atoms with Crippen molar-refractivity contribution in [1.82, 2.24) is 10.9 Å². The maximum atomic E-state index is 12.4. The molecule has 6 nitrogen and oxygen atoms in total. The number of halogens is 1. The van der Waals surface area contributed by atoms with Crippen LogP contribution in [-0.2, 0) is 17.6 Å². The van der Waals surface area contributed by atoms with Crippen molar-refractivity contribution in [3.63, 3.8) is 0 Å². The van der Waals surface area contributed by atoms with Crippen molar-refractivity contribution in [3.8, 4) is 11.5 Å². The van der Waals surface area contributed by atoms with Gasteiger partial charge in [0, 0.05) is 12.0 Å². The first kappa shape index (κ1) is 23.3. The zero-order chi connectivity index (χ0) is 22.8. The fourth-order valence-corrected chi connectivity index (χ4v) is 3.46. The first-order valence-corrected chi connectivity index (χ1v) is 11.1. The number of hydrogen-bond donors (Lipinski definition) is 2. The highest BCUT2D eigenvalue weighted by Crippen LogP contribution is 2.26. The molecule has 0 aliphatic heterocycles. The zero-order valence-electron chi connectivity index (χ0n) is 17.8. The highest BCUT2D eigenvalue weighted by Gasteiger charge is 2.10. The van der Waals surface area contributed by atoms with Crippen molar-refractivity contribution in [1.29, 1.82) is 0 Å². The predicted octanol–water partition coefficient (Wildman–Crippen LogP) is 4.47. The molecule has 0 bridgehead atoms. The van der Waals surface area contributed by atoms with Crippen LogP contribution >= 0.6 is 15.9 Å². The van der Waals surface area contributed by atoms with Crippen LogP contribution in [0.25, 0.3) is 0 Å². The molecule has 0 unspecified atom stereocenters. The van der Waals surface area contributed by atoms with E-state index in [1.54, 1.807) is 30.3 Å². The molecule has 3 aromatic rings.